The maximum atomic E-state index is 15.6. The van der Waals surface area contributed by atoms with Crippen LogP contribution in [0.3, 0.4) is 0 Å². The number of halogens is 3. The number of nitrogens with zero attached hydrogens (tertiary/aromatic N) is 4. The van der Waals surface area contributed by atoms with Crippen molar-refractivity contribution in [2.24, 2.45) is 0 Å². The number of aromatic nitrogens is 1. The van der Waals surface area contributed by atoms with Crippen LogP contribution in [0.2, 0.25) is 5.02 Å². The van der Waals surface area contributed by atoms with Gasteiger partial charge in [0.1, 0.15) is 17.2 Å². The minimum atomic E-state index is -1.49. The maximum Gasteiger partial charge on any atom is 0.341 e. The smallest absolute Gasteiger partial charge is 0.341 e. The van der Waals surface area contributed by atoms with Gasteiger partial charge in [-0.25, -0.2) is 13.6 Å². The van der Waals surface area contributed by atoms with Crippen molar-refractivity contribution >= 4 is 39.8 Å². The highest BCUT2D eigenvalue weighted by molar-refractivity contribution is 6.38. The molecule has 1 aromatic heterocycles. The molecule has 212 valence electrons. The number of carboxylic acid groups (broad SMARTS) is 1. The van der Waals surface area contributed by atoms with E-state index in [0.717, 1.165) is 49.4 Å². The lowest BCUT2D eigenvalue weighted by Gasteiger charge is -2.38. The highest BCUT2D eigenvalue weighted by Crippen LogP contribution is 2.38. The lowest BCUT2D eigenvalue weighted by Crippen LogP contribution is -2.47. The molecule has 0 spiro atoms. The second-order valence-corrected chi connectivity index (χ2v) is 10.9. The van der Waals surface area contributed by atoms with Crippen LogP contribution in [0, 0.1) is 11.6 Å². The average molecular weight is 579 g/mol. The Morgan fingerprint density at radius 1 is 0.878 bits per heavy atom. The first-order valence-corrected chi connectivity index (χ1v) is 14.1. The van der Waals surface area contributed by atoms with Crippen LogP contribution in [0.1, 0.15) is 28.8 Å². The van der Waals surface area contributed by atoms with E-state index in [1.165, 1.54) is 10.6 Å². The molecule has 0 saturated carbocycles. The molecule has 4 aromatic rings. The monoisotopic (exact) mass is 578 g/mol. The van der Waals surface area contributed by atoms with Crippen molar-refractivity contribution in [3.05, 3.63) is 98.8 Å². The molecule has 10 heteroatoms. The van der Waals surface area contributed by atoms with E-state index in [2.05, 4.69) is 9.80 Å². The van der Waals surface area contributed by atoms with Crippen LogP contribution >= 0.6 is 11.6 Å². The second kappa shape index (κ2) is 11.1. The summed E-state index contributed by atoms with van der Waals surface area (Å²) < 4.78 is 32.6. The molecule has 0 amide bonds. The Morgan fingerprint density at radius 2 is 1.56 bits per heavy atom. The van der Waals surface area contributed by atoms with E-state index in [0.29, 0.717) is 32.7 Å². The highest BCUT2D eigenvalue weighted by Gasteiger charge is 2.27. The molecule has 0 unspecified atom stereocenters. The predicted octanol–water partition coefficient (Wildman–Crippen LogP) is 5.54. The quantitative estimate of drug-likeness (QED) is 0.324. The standard InChI is InChI=1S/C31H29ClF2N4O3/c32-27-28-22(17-25(34)29(27)37-14-12-36(13-15-37)21-6-2-1-3-7-21)30(39)23(31(40)41)19-38(28)26-9-8-20(16-24(26)33)18-35-10-4-5-11-35/h1-3,6-9,16-17,19H,4-5,10-15,18H2,(H,40,41). The fourth-order valence-electron chi connectivity index (χ4n) is 5.91. The van der Waals surface area contributed by atoms with Crippen molar-refractivity contribution in [3.8, 4) is 5.69 Å². The van der Waals surface area contributed by atoms with Gasteiger partial charge in [0, 0.05) is 44.6 Å². The Kier molecular flexibility index (Phi) is 7.40. The predicted molar refractivity (Wildman–Crippen MR) is 157 cm³/mol. The van der Waals surface area contributed by atoms with Crippen LogP contribution in [0.15, 0.2) is 65.6 Å². The summed E-state index contributed by atoms with van der Waals surface area (Å²) in [6.45, 7) is 4.69. The van der Waals surface area contributed by atoms with Crippen LogP contribution in [-0.4, -0.2) is 59.8 Å². The van der Waals surface area contributed by atoms with Crippen LogP contribution in [0.5, 0.6) is 0 Å². The van der Waals surface area contributed by atoms with Gasteiger partial charge in [-0.05, 0) is 61.8 Å². The van der Waals surface area contributed by atoms with Gasteiger partial charge in [-0.15, -0.1) is 0 Å². The number of carbonyl (C=O) groups is 1. The van der Waals surface area contributed by atoms with Crippen LogP contribution in [0.4, 0.5) is 20.2 Å². The number of fused-ring (bicyclic) bond motifs is 1. The van der Waals surface area contributed by atoms with E-state index in [4.69, 9.17) is 11.6 Å². The Morgan fingerprint density at radius 3 is 2.22 bits per heavy atom. The Labute approximate surface area is 240 Å². The van der Waals surface area contributed by atoms with E-state index in [9.17, 15) is 14.7 Å². The molecule has 2 saturated heterocycles. The number of likely N-dealkylation sites (tertiary alicyclic amines) is 1. The first kappa shape index (κ1) is 27.2. The molecule has 41 heavy (non-hydrogen) atoms. The van der Waals surface area contributed by atoms with Crippen molar-refractivity contribution in [3.63, 3.8) is 0 Å². The molecule has 3 heterocycles. The van der Waals surface area contributed by atoms with Gasteiger partial charge in [0.15, 0.2) is 0 Å². The molecule has 6 rings (SSSR count). The summed E-state index contributed by atoms with van der Waals surface area (Å²) >= 11 is 6.86. The van der Waals surface area contributed by atoms with Crippen LogP contribution < -0.4 is 15.2 Å². The average Bonchev–Trinajstić information content (AvgIpc) is 3.48. The summed E-state index contributed by atoms with van der Waals surface area (Å²) in [5, 5.41) is 9.44. The molecular weight excluding hydrogens is 550 g/mol. The minimum absolute atomic E-state index is 0.0241. The summed E-state index contributed by atoms with van der Waals surface area (Å²) in [7, 11) is 0. The number of hydrogen-bond acceptors (Lipinski definition) is 5. The van der Waals surface area contributed by atoms with Crippen LogP contribution in [-0.2, 0) is 6.54 Å². The number of rotatable bonds is 6. The third-order valence-electron chi connectivity index (χ3n) is 7.98. The first-order chi connectivity index (χ1) is 19.8. The van der Waals surface area contributed by atoms with E-state index in [1.54, 1.807) is 12.1 Å². The zero-order chi connectivity index (χ0) is 28.7. The molecule has 0 radical (unpaired) electrons. The lowest BCUT2D eigenvalue weighted by atomic mass is 10.1. The highest BCUT2D eigenvalue weighted by atomic mass is 35.5. The zero-order valence-corrected chi connectivity index (χ0v) is 23.1. The molecule has 2 aliphatic heterocycles. The number of anilines is 2. The molecule has 7 nitrogen and oxygen atoms in total. The van der Waals surface area contributed by atoms with Gasteiger partial charge in [-0.1, -0.05) is 35.9 Å². The van der Waals surface area contributed by atoms with Crippen molar-refractivity contribution in [2.75, 3.05) is 49.1 Å². The van der Waals surface area contributed by atoms with E-state index in [1.807, 2.05) is 35.2 Å². The molecule has 2 aliphatic rings. The number of piperazine rings is 1. The van der Waals surface area contributed by atoms with Gasteiger partial charge in [-0.3, -0.25) is 9.69 Å². The third kappa shape index (κ3) is 5.15. The molecule has 3 aromatic carbocycles. The van der Waals surface area contributed by atoms with E-state index in [-0.39, 0.29) is 27.3 Å². The number of para-hydroxylation sites is 1. The van der Waals surface area contributed by atoms with Gasteiger partial charge in [0.05, 0.1) is 27.3 Å². The Bertz CT molecular complexity index is 1680. The van der Waals surface area contributed by atoms with Crippen molar-refractivity contribution in [1.82, 2.24) is 9.47 Å². The Balaban J connectivity index is 1.43. The minimum Gasteiger partial charge on any atom is -0.477 e. The normalized spacial score (nSPS) is 16.1. The number of aromatic carboxylic acids is 1. The summed E-state index contributed by atoms with van der Waals surface area (Å²) in [5.74, 6) is -2.82. The molecule has 0 bridgehead atoms. The zero-order valence-electron chi connectivity index (χ0n) is 22.3. The van der Waals surface area contributed by atoms with Gasteiger partial charge in [0.25, 0.3) is 0 Å². The summed E-state index contributed by atoms with van der Waals surface area (Å²) in [6.07, 6.45) is 3.30. The SMILES string of the molecule is O=C(O)c1cn(-c2ccc(CN3CCCC3)cc2F)c2c(Cl)c(N3CCN(c4ccccc4)CC3)c(F)cc2c1=O. The summed E-state index contributed by atoms with van der Waals surface area (Å²) in [4.78, 5) is 31.3. The summed E-state index contributed by atoms with van der Waals surface area (Å²) in [6, 6.07) is 15.7. The summed E-state index contributed by atoms with van der Waals surface area (Å²) in [5.41, 5.74) is 0.565. The lowest BCUT2D eigenvalue weighted by molar-refractivity contribution is 0.0695. The van der Waals surface area contributed by atoms with Crippen LogP contribution in [0.25, 0.3) is 16.6 Å². The van der Waals surface area contributed by atoms with Gasteiger partial charge >= 0.3 is 5.97 Å². The fourth-order valence-corrected chi connectivity index (χ4v) is 6.31. The van der Waals surface area contributed by atoms with Gasteiger partial charge in [-0.2, -0.15) is 0 Å². The van der Waals surface area contributed by atoms with E-state index >= 15 is 8.78 Å². The number of hydrogen-bond donors (Lipinski definition) is 1. The van der Waals surface area contributed by atoms with Crippen molar-refractivity contribution in [2.45, 2.75) is 19.4 Å². The molecule has 1 N–H and O–H groups in total. The first-order valence-electron chi connectivity index (χ1n) is 13.7. The molecular formula is C31H29ClF2N4O3. The van der Waals surface area contributed by atoms with Crippen molar-refractivity contribution < 1.29 is 18.7 Å². The molecule has 0 atom stereocenters. The van der Waals surface area contributed by atoms with Crippen molar-refractivity contribution in [1.29, 1.82) is 0 Å². The van der Waals surface area contributed by atoms with E-state index < -0.39 is 28.6 Å². The maximum absolute atomic E-state index is 15.6. The second-order valence-electron chi connectivity index (χ2n) is 10.5. The molecule has 0 aliphatic carbocycles. The number of carboxylic acids is 1. The number of benzene rings is 3. The Hall–Kier alpha value is -3.95. The number of pyridine rings is 1. The topological polar surface area (TPSA) is 69.0 Å². The van der Waals surface area contributed by atoms with Gasteiger partial charge < -0.3 is 19.5 Å². The largest absolute Gasteiger partial charge is 0.477 e. The van der Waals surface area contributed by atoms with Gasteiger partial charge in [0.2, 0.25) is 5.43 Å². The molecule has 2 fully saturated rings. The third-order valence-corrected chi connectivity index (χ3v) is 8.34. The fraction of sp³-hybridized carbons (Fsp3) is 0.290.